The van der Waals surface area contributed by atoms with Crippen molar-refractivity contribution < 1.29 is 14.3 Å². The number of fused-ring (bicyclic) bond motifs is 1. The molecule has 0 aliphatic carbocycles. The molecule has 31 heavy (non-hydrogen) atoms. The number of benzene rings is 2. The Morgan fingerprint density at radius 1 is 1.16 bits per heavy atom. The summed E-state index contributed by atoms with van der Waals surface area (Å²) < 4.78 is 12.9. The van der Waals surface area contributed by atoms with Gasteiger partial charge in [0.1, 0.15) is 25.9 Å². The summed E-state index contributed by atoms with van der Waals surface area (Å²) in [5.41, 5.74) is 2.28. The quantitative estimate of drug-likeness (QED) is 0.582. The lowest BCUT2D eigenvalue weighted by Gasteiger charge is -2.25. The van der Waals surface area contributed by atoms with Gasteiger partial charge in [-0.25, -0.2) is 9.67 Å². The first-order chi connectivity index (χ1) is 15.0. The highest BCUT2D eigenvalue weighted by Crippen LogP contribution is 2.34. The van der Waals surface area contributed by atoms with Crippen molar-refractivity contribution in [3.63, 3.8) is 0 Å². The van der Waals surface area contributed by atoms with E-state index >= 15 is 0 Å². The largest absolute Gasteiger partial charge is 0.486 e. The van der Waals surface area contributed by atoms with E-state index in [2.05, 4.69) is 34.6 Å². The minimum Gasteiger partial charge on any atom is -0.486 e. The minimum absolute atomic E-state index is 0.0317. The summed E-state index contributed by atoms with van der Waals surface area (Å²) in [5.74, 6) is 1.55. The SMILES string of the molecule is CC(C)C(NCC(=O)Nc1cc(Cl)ccc1-n1cncn1)c1ccc2c(c1)OCCO2. The monoisotopic (exact) mass is 441 g/mol. The van der Waals surface area contributed by atoms with Gasteiger partial charge in [0, 0.05) is 11.1 Å². The van der Waals surface area contributed by atoms with Crippen LogP contribution in [0, 0.1) is 5.92 Å². The molecule has 3 aromatic rings. The van der Waals surface area contributed by atoms with Crippen LogP contribution in [-0.2, 0) is 4.79 Å². The molecule has 162 valence electrons. The fourth-order valence-corrected chi connectivity index (χ4v) is 3.70. The van der Waals surface area contributed by atoms with E-state index in [0.717, 1.165) is 17.1 Å². The standard InChI is InChI=1S/C22H24ClN5O3/c1-14(2)22(15-3-6-19-20(9-15)31-8-7-30-19)25-11-21(29)27-17-10-16(23)4-5-18(17)28-13-24-12-26-28/h3-6,9-10,12-14,22,25H,7-8,11H2,1-2H3,(H,27,29). The summed E-state index contributed by atoms with van der Waals surface area (Å²) in [5, 5.41) is 10.9. The van der Waals surface area contributed by atoms with Crippen molar-refractivity contribution >= 4 is 23.2 Å². The number of nitrogens with zero attached hydrogens (tertiary/aromatic N) is 3. The van der Waals surface area contributed by atoms with Crippen LogP contribution in [0.2, 0.25) is 5.02 Å². The van der Waals surface area contributed by atoms with Gasteiger partial charge < -0.3 is 20.1 Å². The Kier molecular flexibility index (Phi) is 6.39. The van der Waals surface area contributed by atoms with E-state index in [1.807, 2.05) is 18.2 Å². The second kappa shape index (κ2) is 9.36. The number of nitrogens with one attached hydrogen (secondary N) is 2. The number of hydrogen-bond donors (Lipinski definition) is 2. The number of hydrogen-bond acceptors (Lipinski definition) is 6. The number of rotatable bonds is 7. The molecule has 8 nitrogen and oxygen atoms in total. The molecule has 0 fully saturated rings. The molecule has 1 aromatic heterocycles. The van der Waals surface area contributed by atoms with E-state index in [9.17, 15) is 4.79 Å². The molecule has 0 spiro atoms. The van der Waals surface area contributed by atoms with Gasteiger partial charge in [-0.1, -0.05) is 31.5 Å². The zero-order chi connectivity index (χ0) is 21.8. The third kappa shape index (κ3) is 4.98. The fraction of sp³-hybridized carbons (Fsp3) is 0.318. The summed E-state index contributed by atoms with van der Waals surface area (Å²) in [4.78, 5) is 16.7. The summed E-state index contributed by atoms with van der Waals surface area (Å²) in [6.07, 6.45) is 3.00. The first-order valence-corrected chi connectivity index (χ1v) is 10.5. The second-order valence-electron chi connectivity index (χ2n) is 7.56. The van der Waals surface area contributed by atoms with Gasteiger partial charge in [-0.3, -0.25) is 4.79 Å². The minimum atomic E-state index is -0.188. The highest BCUT2D eigenvalue weighted by atomic mass is 35.5. The van der Waals surface area contributed by atoms with Crippen LogP contribution in [0.3, 0.4) is 0 Å². The van der Waals surface area contributed by atoms with E-state index in [1.165, 1.54) is 6.33 Å². The van der Waals surface area contributed by atoms with Crippen LogP contribution >= 0.6 is 11.6 Å². The number of ether oxygens (including phenoxy) is 2. The maximum absolute atomic E-state index is 12.7. The molecule has 4 rings (SSSR count). The van der Waals surface area contributed by atoms with Gasteiger partial charge in [0.25, 0.3) is 0 Å². The number of amides is 1. The molecule has 1 amide bonds. The third-order valence-corrected chi connectivity index (χ3v) is 5.21. The van der Waals surface area contributed by atoms with E-state index in [1.54, 1.807) is 29.2 Å². The Morgan fingerprint density at radius 3 is 2.71 bits per heavy atom. The smallest absolute Gasteiger partial charge is 0.238 e. The maximum atomic E-state index is 12.7. The third-order valence-electron chi connectivity index (χ3n) is 4.97. The Balaban J connectivity index is 1.46. The average molecular weight is 442 g/mol. The van der Waals surface area contributed by atoms with Crippen molar-refractivity contribution in [2.45, 2.75) is 19.9 Å². The molecule has 1 aliphatic heterocycles. The summed E-state index contributed by atoms with van der Waals surface area (Å²) >= 11 is 6.13. The van der Waals surface area contributed by atoms with Crippen molar-refractivity contribution in [3.05, 3.63) is 59.6 Å². The molecule has 0 bridgehead atoms. The van der Waals surface area contributed by atoms with E-state index in [-0.39, 0.29) is 24.4 Å². The molecular weight excluding hydrogens is 418 g/mol. The van der Waals surface area contributed by atoms with Crippen molar-refractivity contribution in [1.82, 2.24) is 20.1 Å². The number of halogens is 1. The van der Waals surface area contributed by atoms with Crippen LogP contribution < -0.4 is 20.1 Å². The number of carbonyl (C=O) groups excluding carboxylic acids is 1. The molecule has 9 heteroatoms. The van der Waals surface area contributed by atoms with E-state index in [4.69, 9.17) is 21.1 Å². The molecule has 2 N–H and O–H groups in total. The molecule has 0 saturated heterocycles. The number of carbonyl (C=O) groups is 1. The number of anilines is 1. The maximum Gasteiger partial charge on any atom is 0.238 e. The van der Waals surface area contributed by atoms with Crippen molar-refractivity contribution in [3.8, 4) is 17.2 Å². The van der Waals surface area contributed by atoms with Crippen molar-refractivity contribution in [1.29, 1.82) is 0 Å². The molecule has 0 radical (unpaired) electrons. The molecule has 2 heterocycles. The van der Waals surface area contributed by atoms with Gasteiger partial charge in [0.15, 0.2) is 11.5 Å². The lowest BCUT2D eigenvalue weighted by Crippen LogP contribution is -2.34. The molecule has 2 aromatic carbocycles. The highest BCUT2D eigenvalue weighted by molar-refractivity contribution is 6.31. The Morgan fingerprint density at radius 2 is 1.97 bits per heavy atom. The molecule has 1 atom stereocenters. The molecular formula is C22H24ClN5O3. The van der Waals surface area contributed by atoms with Crippen molar-refractivity contribution in [2.75, 3.05) is 25.1 Å². The summed E-state index contributed by atoms with van der Waals surface area (Å²) in [6.45, 7) is 5.42. The molecule has 0 saturated carbocycles. The zero-order valence-electron chi connectivity index (χ0n) is 17.3. The Hall–Kier alpha value is -3.10. The summed E-state index contributed by atoms with van der Waals surface area (Å²) in [6, 6.07) is 11.1. The Labute approximate surface area is 185 Å². The second-order valence-corrected chi connectivity index (χ2v) is 7.99. The summed E-state index contributed by atoms with van der Waals surface area (Å²) in [7, 11) is 0. The lowest BCUT2D eigenvalue weighted by atomic mass is 9.95. The van der Waals surface area contributed by atoms with Gasteiger partial charge in [0.05, 0.1) is 17.9 Å². The van der Waals surface area contributed by atoms with Gasteiger partial charge in [-0.15, -0.1) is 0 Å². The molecule has 1 aliphatic rings. The predicted molar refractivity (Wildman–Crippen MR) is 118 cm³/mol. The van der Waals surface area contributed by atoms with Crippen LogP contribution in [0.5, 0.6) is 11.5 Å². The lowest BCUT2D eigenvalue weighted by molar-refractivity contribution is -0.115. The predicted octanol–water partition coefficient (Wildman–Crippen LogP) is 3.62. The topological polar surface area (TPSA) is 90.3 Å². The van der Waals surface area contributed by atoms with Gasteiger partial charge in [-0.05, 0) is 41.8 Å². The van der Waals surface area contributed by atoms with E-state index in [0.29, 0.717) is 29.6 Å². The van der Waals surface area contributed by atoms with Crippen molar-refractivity contribution in [2.24, 2.45) is 5.92 Å². The number of aromatic nitrogens is 3. The van der Waals surface area contributed by atoms with Gasteiger partial charge in [-0.2, -0.15) is 5.10 Å². The first kappa shape index (κ1) is 21.1. The normalized spacial score (nSPS) is 13.8. The van der Waals surface area contributed by atoms with Crippen LogP contribution in [0.25, 0.3) is 5.69 Å². The molecule has 1 unspecified atom stereocenters. The highest BCUT2D eigenvalue weighted by Gasteiger charge is 2.20. The van der Waals surface area contributed by atoms with Crippen LogP contribution in [0.15, 0.2) is 49.1 Å². The van der Waals surface area contributed by atoms with Crippen LogP contribution in [-0.4, -0.2) is 40.4 Å². The Bertz CT molecular complexity index is 1060. The van der Waals surface area contributed by atoms with Gasteiger partial charge in [0.2, 0.25) is 5.91 Å². The first-order valence-electron chi connectivity index (χ1n) is 10.1. The van der Waals surface area contributed by atoms with E-state index < -0.39 is 0 Å². The fourth-order valence-electron chi connectivity index (χ4n) is 3.53. The van der Waals surface area contributed by atoms with Gasteiger partial charge >= 0.3 is 0 Å². The zero-order valence-corrected chi connectivity index (χ0v) is 18.1. The average Bonchev–Trinajstić information content (AvgIpc) is 3.28. The van der Waals surface area contributed by atoms with Crippen LogP contribution in [0.1, 0.15) is 25.5 Å². The van der Waals surface area contributed by atoms with Crippen LogP contribution in [0.4, 0.5) is 5.69 Å².